The number of nitrogens with zero attached hydrogens (tertiary/aromatic N) is 1. The van der Waals surface area contributed by atoms with Crippen molar-refractivity contribution in [3.63, 3.8) is 0 Å². The zero-order valence-corrected chi connectivity index (χ0v) is 12.3. The molecular formula is C16H26N2O. The van der Waals surface area contributed by atoms with Crippen LogP contribution in [0.25, 0.3) is 10.9 Å². The Balaban J connectivity index is 0.000000415. The van der Waals surface area contributed by atoms with Crippen LogP contribution < -0.4 is 0 Å². The van der Waals surface area contributed by atoms with E-state index < -0.39 is 0 Å². The fraction of sp³-hybridized carbons (Fsp3) is 0.500. The molecule has 106 valence electrons. The molecule has 3 heteroatoms. The van der Waals surface area contributed by atoms with Crippen LogP contribution in [0.4, 0.5) is 0 Å². The smallest absolute Gasteiger partial charge is 0.0456 e. The second kappa shape index (κ2) is 8.73. The quantitative estimate of drug-likeness (QED) is 0.892. The van der Waals surface area contributed by atoms with E-state index in [9.17, 15) is 0 Å². The van der Waals surface area contributed by atoms with E-state index in [-0.39, 0.29) is 0 Å². The van der Waals surface area contributed by atoms with E-state index in [1.165, 1.54) is 48.9 Å². The summed E-state index contributed by atoms with van der Waals surface area (Å²) in [5, 5.41) is 8.39. The molecule has 0 radical (unpaired) electrons. The SMILES string of the molecule is CC.CO.c1ccc2c(CCN3CCC3)c[nH]c2c1. The molecule has 1 saturated heterocycles. The van der Waals surface area contributed by atoms with E-state index >= 15 is 0 Å². The van der Waals surface area contributed by atoms with Crippen molar-refractivity contribution in [2.24, 2.45) is 0 Å². The van der Waals surface area contributed by atoms with Crippen molar-refractivity contribution in [1.29, 1.82) is 0 Å². The molecule has 3 rings (SSSR count). The topological polar surface area (TPSA) is 39.3 Å². The first-order valence-corrected chi connectivity index (χ1v) is 7.15. The Labute approximate surface area is 116 Å². The Kier molecular flexibility index (Phi) is 7.23. The van der Waals surface area contributed by atoms with Crippen LogP contribution in [0.15, 0.2) is 30.5 Å². The van der Waals surface area contributed by atoms with Gasteiger partial charge in [-0.15, -0.1) is 0 Å². The summed E-state index contributed by atoms with van der Waals surface area (Å²) >= 11 is 0. The molecule has 2 heterocycles. The van der Waals surface area contributed by atoms with Crippen molar-refractivity contribution in [2.75, 3.05) is 26.7 Å². The second-order valence-electron chi connectivity index (χ2n) is 4.30. The highest BCUT2D eigenvalue weighted by Crippen LogP contribution is 2.19. The number of hydrogen-bond donors (Lipinski definition) is 2. The van der Waals surface area contributed by atoms with Gasteiger partial charge in [-0.05, 0) is 37.6 Å². The van der Waals surface area contributed by atoms with Gasteiger partial charge in [0.25, 0.3) is 0 Å². The first-order chi connectivity index (χ1) is 9.43. The van der Waals surface area contributed by atoms with Gasteiger partial charge in [-0.2, -0.15) is 0 Å². The molecule has 2 aromatic rings. The third kappa shape index (κ3) is 4.08. The van der Waals surface area contributed by atoms with Crippen LogP contribution in [0.3, 0.4) is 0 Å². The number of H-pyrrole nitrogens is 1. The van der Waals surface area contributed by atoms with Crippen molar-refractivity contribution >= 4 is 10.9 Å². The van der Waals surface area contributed by atoms with E-state index in [1.807, 2.05) is 13.8 Å². The number of likely N-dealkylation sites (tertiary alicyclic amines) is 1. The molecule has 2 N–H and O–H groups in total. The lowest BCUT2D eigenvalue weighted by molar-refractivity contribution is 0.184. The number of aromatic nitrogens is 1. The van der Waals surface area contributed by atoms with Crippen LogP contribution in [-0.4, -0.2) is 41.7 Å². The minimum Gasteiger partial charge on any atom is -0.400 e. The number of aromatic amines is 1. The summed E-state index contributed by atoms with van der Waals surface area (Å²) in [4.78, 5) is 5.85. The lowest BCUT2D eigenvalue weighted by atomic mass is 10.1. The van der Waals surface area contributed by atoms with Crippen LogP contribution in [0.1, 0.15) is 25.8 Å². The normalized spacial score (nSPS) is 13.9. The molecule has 1 fully saturated rings. The molecule has 1 aliphatic rings. The number of hydrogen-bond acceptors (Lipinski definition) is 2. The molecule has 0 amide bonds. The number of para-hydroxylation sites is 1. The molecule has 0 saturated carbocycles. The highest BCUT2D eigenvalue weighted by Gasteiger charge is 2.13. The Morgan fingerprint density at radius 2 is 1.84 bits per heavy atom. The van der Waals surface area contributed by atoms with Gasteiger partial charge in [0, 0.05) is 30.8 Å². The summed E-state index contributed by atoms with van der Waals surface area (Å²) < 4.78 is 0. The minimum atomic E-state index is 1.00. The van der Waals surface area contributed by atoms with Crippen molar-refractivity contribution < 1.29 is 5.11 Å². The predicted octanol–water partition coefficient (Wildman–Crippen LogP) is 3.05. The maximum atomic E-state index is 7.00. The molecule has 0 aliphatic carbocycles. The Hall–Kier alpha value is -1.32. The van der Waals surface area contributed by atoms with E-state index in [4.69, 9.17) is 5.11 Å². The van der Waals surface area contributed by atoms with Gasteiger partial charge in [-0.1, -0.05) is 32.0 Å². The maximum absolute atomic E-state index is 7.00. The fourth-order valence-electron chi connectivity index (χ4n) is 2.22. The average molecular weight is 262 g/mol. The first-order valence-electron chi connectivity index (χ1n) is 7.15. The van der Waals surface area contributed by atoms with Crippen LogP contribution in [0, 0.1) is 0 Å². The Morgan fingerprint density at radius 1 is 1.16 bits per heavy atom. The summed E-state index contributed by atoms with van der Waals surface area (Å²) in [5.74, 6) is 0. The highest BCUT2D eigenvalue weighted by atomic mass is 16.2. The maximum Gasteiger partial charge on any atom is 0.0456 e. The van der Waals surface area contributed by atoms with Crippen LogP contribution >= 0.6 is 0 Å². The molecule has 3 nitrogen and oxygen atoms in total. The van der Waals surface area contributed by atoms with Crippen molar-refractivity contribution in [2.45, 2.75) is 26.7 Å². The van der Waals surface area contributed by atoms with Crippen molar-refractivity contribution in [3.05, 3.63) is 36.0 Å². The molecular weight excluding hydrogens is 236 g/mol. The standard InChI is InChI=1S/C13H16N2.C2H6.CH4O/c1-2-5-13-12(4-1)11(10-14-13)6-9-15-7-3-8-15;2*1-2/h1-2,4-5,10,14H,3,6-9H2;1-2H3;2H,1H3. The summed E-state index contributed by atoms with van der Waals surface area (Å²) in [7, 11) is 1.00. The number of fused-ring (bicyclic) bond motifs is 1. The summed E-state index contributed by atoms with van der Waals surface area (Å²) in [5.41, 5.74) is 2.72. The van der Waals surface area contributed by atoms with Gasteiger partial charge in [0.15, 0.2) is 0 Å². The molecule has 1 aromatic carbocycles. The van der Waals surface area contributed by atoms with E-state index in [1.54, 1.807) is 0 Å². The van der Waals surface area contributed by atoms with Gasteiger partial charge in [0.05, 0.1) is 0 Å². The van der Waals surface area contributed by atoms with Crippen molar-refractivity contribution in [3.8, 4) is 0 Å². The molecule has 0 bridgehead atoms. The number of nitrogens with one attached hydrogen (secondary N) is 1. The average Bonchev–Trinajstić information content (AvgIpc) is 2.85. The molecule has 1 aliphatic heterocycles. The van der Waals surface area contributed by atoms with Gasteiger partial charge in [-0.3, -0.25) is 0 Å². The zero-order chi connectivity index (χ0) is 14.1. The third-order valence-electron chi connectivity index (χ3n) is 3.32. The first kappa shape index (κ1) is 15.7. The van der Waals surface area contributed by atoms with E-state index in [0.717, 1.165) is 7.11 Å². The fourth-order valence-corrected chi connectivity index (χ4v) is 2.22. The van der Waals surface area contributed by atoms with Gasteiger partial charge in [0.2, 0.25) is 0 Å². The minimum absolute atomic E-state index is 1.00. The van der Waals surface area contributed by atoms with Crippen LogP contribution in [0.5, 0.6) is 0 Å². The zero-order valence-electron chi connectivity index (χ0n) is 12.3. The molecule has 0 spiro atoms. The molecule has 0 unspecified atom stereocenters. The molecule has 19 heavy (non-hydrogen) atoms. The monoisotopic (exact) mass is 262 g/mol. The van der Waals surface area contributed by atoms with Crippen molar-refractivity contribution in [1.82, 2.24) is 9.88 Å². The van der Waals surface area contributed by atoms with E-state index in [2.05, 4.69) is 40.3 Å². The highest BCUT2D eigenvalue weighted by molar-refractivity contribution is 5.83. The number of rotatable bonds is 3. The largest absolute Gasteiger partial charge is 0.400 e. The summed E-state index contributed by atoms with van der Waals surface area (Å²) in [6, 6.07) is 8.54. The molecule has 0 atom stereocenters. The predicted molar refractivity (Wildman–Crippen MR) is 82.6 cm³/mol. The van der Waals surface area contributed by atoms with Crippen LogP contribution in [-0.2, 0) is 6.42 Å². The molecule has 1 aromatic heterocycles. The third-order valence-corrected chi connectivity index (χ3v) is 3.32. The summed E-state index contributed by atoms with van der Waals surface area (Å²) in [6.45, 7) is 7.80. The van der Waals surface area contributed by atoms with Gasteiger partial charge >= 0.3 is 0 Å². The Bertz CT molecular complexity index is 460. The summed E-state index contributed by atoms with van der Waals surface area (Å²) in [6.07, 6.45) is 4.71. The number of aliphatic hydroxyl groups excluding tert-OH is 1. The van der Waals surface area contributed by atoms with Gasteiger partial charge in [-0.25, -0.2) is 0 Å². The number of aliphatic hydroxyl groups is 1. The second-order valence-corrected chi connectivity index (χ2v) is 4.30. The lowest BCUT2D eigenvalue weighted by Gasteiger charge is -2.30. The lowest BCUT2D eigenvalue weighted by Crippen LogP contribution is -2.38. The Morgan fingerprint density at radius 3 is 2.47 bits per heavy atom. The van der Waals surface area contributed by atoms with E-state index in [0.29, 0.717) is 0 Å². The van der Waals surface area contributed by atoms with Crippen LogP contribution in [0.2, 0.25) is 0 Å². The van der Waals surface area contributed by atoms with Gasteiger partial charge < -0.3 is 15.0 Å². The number of benzene rings is 1. The van der Waals surface area contributed by atoms with Gasteiger partial charge in [0.1, 0.15) is 0 Å².